The molecule has 1 aromatic rings. The van der Waals surface area contributed by atoms with Crippen LogP contribution in [0.5, 0.6) is 11.5 Å². The molecule has 0 radical (unpaired) electrons. The molecule has 0 bridgehead atoms. The maximum atomic E-state index is 12.4. The van der Waals surface area contributed by atoms with Crippen LogP contribution in [0.4, 0.5) is 0 Å². The molecule has 0 aromatic heterocycles. The second-order valence-corrected chi connectivity index (χ2v) is 6.97. The Balaban J connectivity index is 1.42. The fourth-order valence-electron chi connectivity index (χ4n) is 3.49. The standard InChI is InChI=1S/C19H28N2O4/c1-13-11-21(12-14(2)23-13)10-6-9-20-19(22)18-15(3)24-16-7-4-5-8-17(16)25-18/h4-5,7-8,13-15,18H,6,9-12H2,1-3H3,(H,20,22). The number of para-hydroxylation sites is 2. The van der Waals surface area contributed by atoms with Crippen LogP contribution < -0.4 is 14.8 Å². The fraction of sp³-hybridized carbons (Fsp3) is 0.632. The van der Waals surface area contributed by atoms with Gasteiger partial charge in [0.15, 0.2) is 11.5 Å². The first-order chi connectivity index (χ1) is 12.0. The van der Waals surface area contributed by atoms with Crippen molar-refractivity contribution in [2.75, 3.05) is 26.2 Å². The highest BCUT2D eigenvalue weighted by molar-refractivity contribution is 5.82. The molecular formula is C19H28N2O4. The van der Waals surface area contributed by atoms with Crippen molar-refractivity contribution in [3.8, 4) is 11.5 Å². The topological polar surface area (TPSA) is 60.0 Å². The van der Waals surface area contributed by atoms with Crippen molar-refractivity contribution in [1.82, 2.24) is 10.2 Å². The number of benzene rings is 1. The lowest BCUT2D eigenvalue weighted by Gasteiger charge is -2.35. The number of amides is 1. The highest BCUT2D eigenvalue weighted by Gasteiger charge is 2.33. The summed E-state index contributed by atoms with van der Waals surface area (Å²) in [6.07, 6.45) is 0.525. The van der Waals surface area contributed by atoms with Crippen LogP contribution in [0.1, 0.15) is 27.2 Å². The van der Waals surface area contributed by atoms with E-state index < -0.39 is 6.10 Å². The van der Waals surface area contributed by atoms with Crippen molar-refractivity contribution in [2.24, 2.45) is 0 Å². The van der Waals surface area contributed by atoms with E-state index in [1.54, 1.807) is 0 Å². The molecule has 0 aliphatic carbocycles. The molecule has 6 nitrogen and oxygen atoms in total. The Kier molecular flexibility index (Phi) is 5.81. The van der Waals surface area contributed by atoms with Crippen LogP contribution in [-0.2, 0) is 9.53 Å². The summed E-state index contributed by atoms with van der Waals surface area (Å²) in [5.41, 5.74) is 0. The quantitative estimate of drug-likeness (QED) is 0.823. The average molecular weight is 348 g/mol. The van der Waals surface area contributed by atoms with Gasteiger partial charge >= 0.3 is 0 Å². The Morgan fingerprint density at radius 2 is 1.76 bits per heavy atom. The number of fused-ring (bicyclic) bond motifs is 1. The molecule has 2 aliphatic heterocycles. The molecule has 1 saturated heterocycles. The minimum Gasteiger partial charge on any atom is -0.482 e. The maximum absolute atomic E-state index is 12.4. The molecular weight excluding hydrogens is 320 g/mol. The van der Waals surface area contributed by atoms with Gasteiger partial charge < -0.3 is 19.5 Å². The third-order valence-corrected chi connectivity index (χ3v) is 4.55. The smallest absolute Gasteiger partial charge is 0.265 e. The van der Waals surface area contributed by atoms with Gasteiger partial charge in [0.05, 0.1) is 12.2 Å². The summed E-state index contributed by atoms with van der Waals surface area (Å²) >= 11 is 0. The number of nitrogens with one attached hydrogen (secondary N) is 1. The number of carbonyl (C=O) groups excluding carboxylic acids is 1. The molecule has 0 saturated carbocycles. The summed E-state index contributed by atoms with van der Waals surface area (Å²) < 4.78 is 17.3. The molecule has 2 heterocycles. The largest absolute Gasteiger partial charge is 0.482 e. The number of ether oxygens (including phenoxy) is 3. The van der Waals surface area contributed by atoms with E-state index in [-0.39, 0.29) is 24.2 Å². The molecule has 6 heteroatoms. The number of morpholine rings is 1. The van der Waals surface area contributed by atoms with Crippen molar-refractivity contribution in [1.29, 1.82) is 0 Å². The van der Waals surface area contributed by atoms with Crippen molar-refractivity contribution >= 4 is 5.91 Å². The summed E-state index contributed by atoms with van der Waals surface area (Å²) in [4.78, 5) is 14.8. The Morgan fingerprint density at radius 3 is 2.44 bits per heavy atom. The zero-order valence-corrected chi connectivity index (χ0v) is 15.2. The molecule has 4 atom stereocenters. The minimum atomic E-state index is -0.613. The van der Waals surface area contributed by atoms with Gasteiger partial charge in [-0.3, -0.25) is 9.69 Å². The second kappa shape index (κ2) is 8.06. The van der Waals surface area contributed by atoms with Gasteiger partial charge in [0.1, 0.15) is 6.10 Å². The number of rotatable bonds is 5. The second-order valence-electron chi connectivity index (χ2n) is 6.97. The van der Waals surface area contributed by atoms with Gasteiger partial charge in [-0.25, -0.2) is 0 Å². The van der Waals surface area contributed by atoms with Gasteiger partial charge in [-0.15, -0.1) is 0 Å². The molecule has 0 spiro atoms. The number of hydrogen-bond acceptors (Lipinski definition) is 5. The van der Waals surface area contributed by atoms with Crippen LogP contribution in [0.15, 0.2) is 24.3 Å². The molecule has 4 unspecified atom stereocenters. The molecule has 1 amide bonds. The molecule has 25 heavy (non-hydrogen) atoms. The van der Waals surface area contributed by atoms with Crippen molar-refractivity contribution < 1.29 is 19.0 Å². The molecule has 1 N–H and O–H groups in total. The normalized spacial score (nSPS) is 29.2. The lowest BCUT2D eigenvalue weighted by Crippen LogP contribution is -2.50. The summed E-state index contributed by atoms with van der Waals surface area (Å²) in [6, 6.07) is 7.44. The number of hydrogen-bond donors (Lipinski definition) is 1. The minimum absolute atomic E-state index is 0.120. The van der Waals surface area contributed by atoms with Gasteiger partial charge in [0.25, 0.3) is 5.91 Å². The molecule has 1 fully saturated rings. The molecule has 138 valence electrons. The van der Waals surface area contributed by atoms with Gasteiger partial charge in [0.2, 0.25) is 6.10 Å². The van der Waals surface area contributed by atoms with Crippen LogP contribution in [0.2, 0.25) is 0 Å². The highest BCUT2D eigenvalue weighted by Crippen LogP contribution is 2.33. The Labute approximate surface area is 149 Å². The van der Waals surface area contributed by atoms with Crippen LogP contribution >= 0.6 is 0 Å². The maximum Gasteiger partial charge on any atom is 0.265 e. The van der Waals surface area contributed by atoms with E-state index in [1.165, 1.54) is 0 Å². The number of carbonyl (C=O) groups is 1. The van der Waals surface area contributed by atoms with E-state index in [0.29, 0.717) is 18.0 Å². The Morgan fingerprint density at radius 1 is 1.12 bits per heavy atom. The monoisotopic (exact) mass is 348 g/mol. The first-order valence-corrected chi connectivity index (χ1v) is 9.11. The Hall–Kier alpha value is -1.79. The van der Waals surface area contributed by atoms with Gasteiger partial charge in [-0.2, -0.15) is 0 Å². The fourth-order valence-corrected chi connectivity index (χ4v) is 3.49. The summed E-state index contributed by atoms with van der Waals surface area (Å²) in [5.74, 6) is 1.19. The lowest BCUT2D eigenvalue weighted by molar-refractivity contribution is -0.133. The average Bonchev–Trinajstić information content (AvgIpc) is 2.57. The highest BCUT2D eigenvalue weighted by atomic mass is 16.6. The SMILES string of the molecule is CC1CN(CCCNC(=O)C2Oc3ccccc3OC2C)CC(C)O1. The predicted octanol–water partition coefficient (Wildman–Crippen LogP) is 1.83. The van der Waals surface area contributed by atoms with Gasteiger partial charge in [0, 0.05) is 26.2 Å². The van der Waals surface area contributed by atoms with E-state index >= 15 is 0 Å². The van der Waals surface area contributed by atoms with Crippen LogP contribution in [0.3, 0.4) is 0 Å². The van der Waals surface area contributed by atoms with E-state index in [4.69, 9.17) is 14.2 Å². The summed E-state index contributed by atoms with van der Waals surface area (Å²) in [5, 5.41) is 2.97. The first-order valence-electron chi connectivity index (χ1n) is 9.11. The van der Waals surface area contributed by atoms with Gasteiger partial charge in [-0.05, 0) is 39.3 Å². The molecule has 1 aromatic carbocycles. The van der Waals surface area contributed by atoms with Crippen LogP contribution in [0, 0.1) is 0 Å². The summed E-state index contributed by atoms with van der Waals surface area (Å²) in [7, 11) is 0. The van der Waals surface area contributed by atoms with Crippen LogP contribution in [-0.4, -0.2) is 61.4 Å². The lowest BCUT2D eigenvalue weighted by atomic mass is 10.1. The Bertz CT molecular complexity index is 585. The first kappa shape index (κ1) is 18.0. The molecule has 2 aliphatic rings. The van der Waals surface area contributed by atoms with E-state index in [9.17, 15) is 4.79 Å². The zero-order valence-electron chi connectivity index (χ0n) is 15.2. The number of nitrogens with zero attached hydrogens (tertiary/aromatic N) is 1. The van der Waals surface area contributed by atoms with Crippen molar-refractivity contribution in [2.45, 2.75) is 51.6 Å². The molecule has 3 rings (SSSR count). The van der Waals surface area contributed by atoms with E-state index in [2.05, 4.69) is 24.1 Å². The zero-order chi connectivity index (χ0) is 17.8. The van der Waals surface area contributed by atoms with Crippen molar-refractivity contribution in [3.05, 3.63) is 24.3 Å². The summed E-state index contributed by atoms with van der Waals surface area (Å²) in [6.45, 7) is 9.55. The van der Waals surface area contributed by atoms with Crippen molar-refractivity contribution in [3.63, 3.8) is 0 Å². The predicted molar refractivity (Wildman–Crippen MR) is 95.0 cm³/mol. The third-order valence-electron chi connectivity index (χ3n) is 4.55. The third kappa shape index (κ3) is 4.64. The van der Waals surface area contributed by atoms with E-state index in [0.717, 1.165) is 26.1 Å². The van der Waals surface area contributed by atoms with Gasteiger partial charge in [-0.1, -0.05) is 12.1 Å². The van der Waals surface area contributed by atoms with Crippen LogP contribution in [0.25, 0.3) is 0 Å². The van der Waals surface area contributed by atoms with E-state index in [1.807, 2.05) is 31.2 Å².